The molecule has 166 valence electrons. The Labute approximate surface area is 188 Å². The van der Waals surface area contributed by atoms with E-state index in [9.17, 15) is 14.0 Å². The molecular formula is C22H25BrFN3O4. The minimum absolute atomic E-state index is 0.139. The van der Waals surface area contributed by atoms with E-state index in [1.807, 2.05) is 12.1 Å². The molecule has 3 amide bonds. The van der Waals surface area contributed by atoms with Gasteiger partial charge in [0.15, 0.2) is 0 Å². The van der Waals surface area contributed by atoms with Crippen LogP contribution in [0.1, 0.15) is 24.5 Å². The number of carbonyl (C=O) groups excluding carboxylic acids is 2. The molecule has 7 nitrogen and oxygen atoms in total. The van der Waals surface area contributed by atoms with E-state index in [2.05, 4.69) is 31.9 Å². The van der Waals surface area contributed by atoms with Crippen molar-refractivity contribution in [3.63, 3.8) is 0 Å². The molecule has 1 aliphatic rings. The van der Waals surface area contributed by atoms with E-state index in [0.29, 0.717) is 30.0 Å². The summed E-state index contributed by atoms with van der Waals surface area (Å²) in [5, 5.41) is 8.47. The van der Waals surface area contributed by atoms with E-state index in [-0.39, 0.29) is 18.2 Å². The van der Waals surface area contributed by atoms with Gasteiger partial charge in [0, 0.05) is 47.9 Å². The highest BCUT2D eigenvalue weighted by Gasteiger charge is 2.33. The van der Waals surface area contributed by atoms with Crippen LogP contribution in [0.3, 0.4) is 0 Å². The van der Waals surface area contributed by atoms with Gasteiger partial charge in [0.05, 0.1) is 13.2 Å². The van der Waals surface area contributed by atoms with Crippen molar-refractivity contribution in [1.29, 1.82) is 0 Å². The van der Waals surface area contributed by atoms with Crippen LogP contribution in [0.5, 0.6) is 5.75 Å². The van der Waals surface area contributed by atoms with E-state index in [1.54, 1.807) is 24.3 Å². The molecule has 1 heterocycles. The highest BCUT2D eigenvalue weighted by atomic mass is 79.9. The third-order valence-electron chi connectivity index (χ3n) is 5.31. The minimum atomic E-state index is -0.537. The van der Waals surface area contributed by atoms with Gasteiger partial charge in [0.2, 0.25) is 5.91 Å². The van der Waals surface area contributed by atoms with Gasteiger partial charge in [-0.1, -0.05) is 15.9 Å². The molecular weight excluding hydrogens is 469 g/mol. The Morgan fingerprint density at radius 2 is 2.00 bits per heavy atom. The molecule has 2 aromatic rings. The number of hydrogen-bond donors (Lipinski definition) is 3. The molecule has 0 aromatic heterocycles. The molecule has 3 rings (SSSR count). The molecule has 1 saturated heterocycles. The number of amides is 3. The molecule has 9 heteroatoms. The quantitative estimate of drug-likeness (QED) is 0.543. The third kappa shape index (κ3) is 6.18. The van der Waals surface area contributed by atoms with Gasteiger partial charge in [0.1, 0.15) is 11.6 Å². The predicted molar refractivity (Wildman–Crippen MR) is 119 cm³/mol. The summed E-state index contributed by atoms with van der Waals surface area (Å²) in [5.74, 6) is -0.289. The van der Waals surface area contributed by atoms with E-state index in [1.165, 1.54) is 20.3 Å². The monoisotopic (exact) mass is 493 g/mol. The summed E-state index contributed by atoms with van der Waals surface area (Å²) in [5.41, 5.74) is 1.03. The zero-order valence-electron chi connectivity index (χ0n) is 17.3. The standard InChI is InChI=1S/C22H25BrFN3O4/c1-30-16-7-8-17(18(24)10-16)20(31-2)9-13-12-25-21(28)11-19(13)27-22(29)26-15-5-3-14(23)4-6-15/h3-8,10,13,19-20H,9,11-12H2,1-2H3,(H,25,28)(H2,26,27,29)/t13?,19?,20-/m1/s1. The molecule has 0 saturated carbocycles. The van der Waals surface area contributed by atoms with Crippen LogP contribution in [-0.2, 0) is 9.53 Å². The number of piperidine rings is 1. The molecule has 3 N–H and O–H groups in total. The van der Waals surface area contributed by atoms with Gasteiger partial charge < -0.3 is 25.4 Å². The van der Waals surface area contributed by atoms with Gasteiger partial charge in [-0.3, -0.25) is 4.79 Å². The highest BCUT2D eigenvalue weighted by molar-refractivity contribution is 9.10. The van der Waals surface area contributed by atoms with E-state index < -0.39 is 24.0 Å². The molecule has 0 bridgehead atoms. The molecule has 0 radical (unpaired) electrons. The van der Waals surface area contributed by atoms with Crippen LogP contribution in [-0.4, -0.2) is 38.7 Å². The number of halogens is 2. The van der Waals surface area contributed by atoms with Crippen LogP contribution >= 0.6 is 15.9 Å². The largest absolute Gasteiger partial charge is 0.497 e. The lowest BCUT2D eigenvalue weighted by molar-refractivity contribution is -0.124. The fourth-order valence-electron chi connectivity index (χ4n) is 3.63. The number of carbonyl (C=O) groups is 2. The Morgan fingerprint density at radius 1 is 1.26 bits per heavy atom. The highest BCUT2D eigenvalue weighted by Crippen LogP contribution is 2.31. The number of urea groups is 1. The number of ether oxygens (including phenoxy) is 2. The summed E-state index contributed by atoms with van der Waals surface area (Å²) >= 11 is 3.35. The summed E-state index contributed by atoms with van der Waals surface area (Å²) in [6.45, 7) is 0.361. The third-order valence-corrected chi connectivity index (χ3v) is 5.84. The van der Waals surface area contributed by atoms with Crippen molar-refractivity contribution in [2.45, 2.75) is 25.0 Å². The Balaban J connectivity index is 1.69. The van der Waals surface area contributed by atoms with E-state index >= 15 is 0 Å². The summed E-state index contributed by atoms with van der Waals surface area (Å²) in [6, 6.07) is 11.0. The zero-order valence-corrected chi connectivity index (χ0v) is 18.9. The normalized spacial score (nSPS) is 19.3. The van der Waals surface area contributed by atoms with Crippen molar-refractivity contribution in [1.82, 2.24) is 10.6 Å². The number of anilines is 1. The van der Waals surface area contributed by atoms with Gasteiger partial charge in [-0.2, -0.15) is 0 Å². The first kappa shape index (κ1) is 23.0. The topological polar surface area (TPSA) is 88.7 Å². The Bertz CT molecular complexity index is 925. The molecule has 31 heavy (non-hydrogen) atoms. The maximum absolute atomic E-state index is 14.6. The molecule has 1 fully saturated rings. The first-order valence-electron chi connectivity index (χ1n) is 9.85. The van der Waals surface area contributed by atoms with Crippen LogP contribution in [0.15, 0.2) is 46.9 Å². The van der Waals surface area contributed by atoms with Crippen molar-refractivity contribution >= 4 is 33.6 Å². The van der Waals surface area contributed by atoms with Gasteiger partial charge in [0.25, 0.3) is 0 Å². The number of nitrogens with one attached hydrogen (secondary N) is 3. The van der Waals surface area contributed by atoms with Gasteiger partial charge >= 0.3 is 6.03 Å². The lowest BCUT2D eigenvalue weighted by atomic mass is 9.86. The fraction of sp³-hybridized carbons (Fsp3) is 0.364. The summed E-state index contributed by atoms with van der Waals surface area (Å²) in [4.78, 5) is 24.5. The first-order valence-corrected chi connectivity index (χ1v) is 10.6. The van der Waals surface area contributed by atoms with Crippen molar-refractivity contribution < 1.29 is 23.5 Å². The van der Waals surface area contributed by atoms with Crippen LogP contribution in [0.4, 0.5) is 14.9 Å². The smallest absolute Gasteiger partial charge is 0.319 e. The summed E-state index contributed by atoms with van der Waals surface area (Å²) in [7, 11) is 2.99. The second kappa shape index (κ2) is 10.6. The van der Waals surface area contributed by atoms with Crippen molar-refractivity contribution in [2.75, 3.05) is 26.1 Å². The summed E-state index contributed by atoms with van der Waals surface area (Å²) in [6.07, 6.45) is 0.0215. The number of rotatable bonds is 7. The summed E-state index contributed by atoms with van der Waals surface area (Å²) < 4.78 is 26.1. The van der Waals surface area contributed by atoms with Gasteiger partial charge in [-0.15, -0.1) is 0 Å². The molecule has 0 spiro atoms. The number of benzene rings is 2. The molecule has 0 aliphatic carbocycles. The lowest BCUT2D eigenvalue weighted by Gasteiger charge is -2.34. The Morgan fingerprint density at radius 3 is 2.65 bits per heavy atom. The first-order chi connectivity index (χ1) is 14.9. The number of methoxy groups -OCH3 is 2. The minimum Gasteiger partial charge on any atom is -0.497 e. The van der Waals surface area contributed by atoms with Gasteiger partial charge in [-0.05, 0) is 48.7 Å². The average molecular weight is 494 g/mol. The van der Waals surface area contributed by atoms with Crippen molar-refractivity contribution in [3.8, 4) is 5.75 Å². The van der Waals surface area contributed by atoms with E-state index in [4.69, 9.17) is 9.47 Å². The SMILES string of the molecule is COc1ccc([C@@H](CC2CNC(=O)CC2NC(=O)Nc2ccc(Br)cc2)OC)c(F)c1. The second-order valence-corrected chi connectivity index (χ2v) is 8.24. The van der Waals surface area contributed by atoms with E-state index in [0.717, 1.165) is 4.47 Å². The van der Waals surface area contributed by atoms with Crippen LogP contribution < -0.4 is 20.7 Å². The van der Waals surface area contributed by atoms with Crippen LogP contribution in [0.2, 0.25) is 0 Å². The van der Waals surface area contributed by atoms with Crippen molar-refractivity contribution in [3.05, 3.63) is 58.3 Å². The molecule has 3 atom stereocenters. The molecule has 1 aliphatic heterocycles. The van der Waals surface area contributed by atoms with Crippen LogP contribution in [0.25, 0.3) is 0 Å². The Kier molecular flexibility index (Phi) is 7.86. The molecule has 2 aromatic carbocycles. The van der Waals surface area contributed by atoms with Crippen LogP contribution in [0, 0.1) is 11.7 Å². The average Bonchev–Trinajstić information content (AvgIpc) is 2.75. The maximum Gasteiger partial charge on any atom is 0.319 e. The maximum atomic E-state index is 14.6. The molecule has 2 unspecified atom stereocenters. The van der Waals surface area contributed by atoms with Gasteiger partial charge in [-0.25, -0.2) is 9.18 Å². The van der Waals surface area contributed by atoms with Crippen molar-refractivity contribution in [2.24, 2.45) is 5.92 Å². The lowest BCUT2D eigenvalue weighted by Crippen LogP contribution is -2.53. The number of hydrogen-bond acceptors (Lipinski definition) is 4. The predicted octanol–water partition coefficient (Wildman–Crippen LogP) is 4.00. The fourth-order valence-corrected chi connectivity index (χ4v) is 3.90. The Hall–Kier alpha value is -2.65. The second-order valence-electron chi connectivity index (χ2n) is 7.33. The zero-order chi connectivity index (χ0) is 22.4.